The number of carbonyl (C=O) groups is 1. The predicted molar refractivity (Wildman–Crippen MR) is 110 cm³/mol. The van der Waals surface area contributed by atoms with Crippen molar-refractivity contribution in [3.8, 4) is 5.75 Å². The monoisotopic (exact) mass is 385 g/mol. The number of aryl methyl sites for hydroxylation is 1. The van der Waals surface area contributed by atoms with Crippen molar-refractivity contribution >= 4 is 11.6 Å². The van der Waals surface area contributed by atoms with Crippen molar-refractivity contribution in [3.05, 3.63) is 41.2 Å². The van der Waals surface area contributed by atoms with E-state index in [1.165, 1.54) is 0 Å². The highest BCUT2D eigenvalue weighted by Gasteiger charge is 2.17. The second-order valence-electron chi connectivity index (χ2n) is 7.92. The van der Waals surface area contributed by atoms with Crippen LogP contribution in [0.15, 0.2) is 24.3 Å². The Labute approximate surface area is 167 Å². The smallest absolute Gasteiger partial charge is 0.228 e. The molecule has 0 bridgehead atoms. The van der Waals surface area contributed by atoms with Gasteiger partial charge in [-0.25, -0.2) is 0 Å². The molecular formula is C22H31N3O3. The molecule has 3 rings (SSSR count). The molecule has 1 atom stereocenters. The second-order valence-corrected chi connectivity index (χ2v) is 7.92. The summed E-state index contributed by atoms with van der Waals surface area (Å²) in [6, 6.07) is 7.51. The van der Waals surface area contributed by atoms with Gasteiger partial charge in [0.25, 0.3) is 0 Å². The lowest BCUT2D eigenvalue weighted by Gasteiger charge is -2.13. The molecule has 1 unspecified atom stereocenters. The summed E-state index contributed by atoms with van der Waals surface area (Å²) in [5, 5.41) is 7.57. The highest BCUT2D eigenvalue weighted by atomic mass is 16.5. The number of ether oxygens (including phenoxy) is 2. The maximum atomic E-state index is 12.6. The van der Waals surface area contributed by atoms with Crippen molar-refractivity contribution in [2.75, 3.05) is 18.5 Å². The van der Waals surface area contributed by atoms with Gasteiger partial charge in [0, 0.05) is 36.2 Å². The van der Waals surface area contributed by atoms with E-state index < -0.39 is 0 Å². The van der Waals surface area contributed by atoms with Crippen LogP contribution in [-0.2, 0) is 22.5 Å². The average molecular weight is 386 g/mol. The fourth-order valence-electron chi connectivity index (χ4n) is 3.51. The zero-order valence-corrected chi connectivity index (χ0v) is 17.3. The van der Waals surface area contributed by atoms with Gasteiger partial charge in [0.05, 0.1) is 18.2 Å². The van der Waals surface area contributed by atoms with E-state index >= 15 is 0 Å². The summed E-state index contributed by atoms with van der Waals surface area (Å²) < 4.78 is 13.4. The molecular weight excluding hydrogens is 354 g/mol. The van der Waals surface area contributed by atoms with Crippen molar-refractivity contribution in [2.45, 2.75) is 59.6 Å². The molecule has 1 fully saturated rings. The summed E-state index contributed by atoms with van der Waals surface area (Å²) in [6.07, 6.45) is 2.62. The van der Waals surface area contributed by atoms with Gasteiger partial charge in [0.2, 0.25) is 5.91 Å². The number of anilines is 1. The number of aromatic nitrogens is 2. The van der Waals surface area contributed by atoms with Crippen LogP contribution in [-0.4, -0.2) is 35.0 Å². The standard InChI is InChI=1S/C22H31N3O3/c1-15(2)13-25-17(4)21(16(3)24-25)12-22(26)23-18-7-5-8-19(11-18)28-14-20-9-6-10-27-20/h5,7-8,11,15,20H,6,9-10,12-14H2,1-4H3,(H,23,26). The summed E-state index contributed by atoms with van der Waals surface area (Å²) in [5.74, 6) is 1.20. The minimum Gasteiger partial charge on any atom is -0.491 e. The molecule has 152 valence electrons. The van der Waals surface area contributed by atoms with Crippen LogP contribution < -0.4 is 10.1 Å². The number of hydrogen-bond donors (Lipinski definition) is 1. The SMILES string of the molecule is Cc1nn(CC(C)C)c(C)c1CC(=O)Nc1cccc(OCC2CCCO2)c1. The van der Waals surface area contributed by atoms with Gasteiger partial charge < -0.3 is 14.8 Å². The fourth-order valence-corrected chi connectivity index (χ4v) is 3.51. The third-order valence-electron chi connectivity index (χ3n) is 4.98. The molecule has 1 aliphatic rings. The molecule has 0 aliphatic carbocycles. The molecule has 1 amide bonds. The number of hydrogen-bond acceptors (Lipinski definition) is 4. The average Bonchev–Trinajstić information content (AvgIpc) is 3.24. The van der Waals surface area contributed by atoms with E-state index in [9.17, 15) is 4.79 Å². The Kier molecular flexibility index (Phi) is 6.73. The van der Waals surface area contributed by atoms with E-state index in [2.05, 4.69) is 24.3 Å². The van der Waals surface area contributed by atoms with Gasteiger partial charge in [-0.15, -0.1) is 0 Å². The van der Waals surface area contributed by atoms with E-state index in [-0.39, 0.29) is 12.0 Å². The van der Waals surface area contributed by atoms with E-state index in [0.29, 0.717) is 18.9 Å². The molecule has 2 heterocycles. The molecule has 0 spiro atoms. The topological polar surface area (TPSA) is 65.4 Å². The Hall–Kier alpha value is -2.34. The lowest BCUT2D eigenvalue weighted by atomic mass is 10.1. The van der Waals surface area contributed by atoms with E-state index in [1.807, 2.05) is 42.8 Å². The second kappa shape index (κ2) is 9.24. The minimum absolute atomic E-state index is 0.0495. The Morgan fingerprint density at radius 3 is 2.93 bits per heavy atom. The first-order valence-corrected chi connectivity index (χ1v) is 10.1. The summed E-state index contributed by atoms with van der Waals surface area (Å²) in [5.41, 5.74) is 3.72. The van der Waals surface area contributed by atoms with Crippen molar-refractivity contribution in [1.82, 2.24) is 9.78 Å². The molecule has 1 aromatic heterocycles. The number of benzene rings is 1. The quantitative estimate of drug-likeness (QED) is 0.749. The third-order valence-corrected chi connectivity index (χ3v) is 4.98. The van der Waals surface area contributed by atoms with Crippen LogP contribution in [0.4, 0.5) is 5.69 Å². The molecule has 2 aromatic rings. The van der Waals surface area contributed by atoms with Gasteiger partial charge in [-0.2, -0.15) is 5.10 Å². The summed E-state index contributed by atoms with van der Waals surface area (Å²) in [7, 11) is 0. The van der Waals surface area contributed by atoms with Crippen molar-refractivity contribution in [3.63, 3.8) is 0 Å². The zero-order valence-electron chi connectivity index (χ0n) is 17.3. The molecule has 1 aliphatic heterocycles. The van der Waals surface area contributed by atoms with Crippen LogP contribution in [0.3, 0.4) is 0 Å². The molecule has 0 saturated carbocycles. The molecule has 1 N–H and O–H groups in total. The van der Waals surface area contributed by atoms with Crippen LogP contribution in [0.1, 0.15) is 43.6 Å². The third kappa shape index (κ3) is 5.35. The summed E-state index contributed by atoms with van der Waals surface area (Å²) in [6.45, 7) is 10.5. The Balaban J connectivity index is 1.59. The predicted octanol–water partition coefficient (Wildman–Crippen LogP) is 3.89. The Morgan fingerprint density at radius 1 is 1.39 bits per heavy atom. The first kappa shape index (κ1) is 20.4. The highest BCUT2D eigenvalue weighted by molar-refractivity contribution is 5.92. The normalized spacial score (nSPS) is 16.5. The van der Waals surface area contributed by atoms with Gasteiger partial charge in [-0.05, 0) is 44.7 Å². The molecule has 0 radical (unpaired) electrons. The van der Waals surface area contributed by atoms with Crippen LogP contribution >= 0.6 is 0 Å². The summed E-state index contributed by atoms with van der Waals surface area (Å²) >= 11 is 0. The van der Waals surface area contributed by atoms with E-state index in [0.717, 1.165) is 54.4 Å². The van der Waals surface area contributed by atoms with Gasteiger partial charge >= 0.3 is 0 Å². The van der Waals surface area contributed by atoms with Gasteiger partial charge in [-0.1, -0.05) is 19.9 Å². The zero-order chi connectivity index (χ0) is 20.1. The number of rotatable bonds is 8. The molecule has 28 heavy (non-hydrogen) atoms. The van der Waals surface area contributed by atoms with Crippen molar-refractivity contribution in [1.29, 1.82) is 0 Å². The fraction of sp³-hybridized carbons (Fsp3) is 0.545. The summed E-state index contributed by atoms with van der Waals surface area (Å²) in [4.78, 5) is 12.6. The molecule has 6 nitrogen and oxygen atoms in total. The van der Waals surface area contributed by atoms with Gasteiger partial charge in [0.15, 0.2) is 0 Å². The largest absolute Gasteiger partial charge is 0.491 e. The molecule has 6 heteroatoms. The highest BCUT2D eigenvalue weighted by Crippen LogP contribution is 2.21. The maximum absolute atomic E-state index is 12.6. The lowest BCUT2D eigenvalue weighted by molar-refractivity contribution is -0.115. The van der Waals surface area contributed by atoms with Gasteiger partial charge in [-0.3, -0.25) is 9.48 Å². The Bertz CT molecular complexity index is 807. The number of nitrogens with one attached hydrogen (secondary N) is 1. The Morgan fingerprint density at radius 2 is 2.21 bits per heavy atom. The van der Waals surface area contributed by atoms with E-state index in [4.69, 9.17) is 9.47 Å². The van der Waals surface area contributed by atoms with Crippen LogP contribution in [0.25, 0.3) is 0 Å². The maximum Gasteiger partial charge on any atom is 0.228 e. The van der Waals surface area contributed by atoms with Crippen molar-refractivity contribution in [2.24, 2.45) is 5.92 Å². The van der Waals surface area contributed by atoms with Crippen molar-refractivity contribution < 1.29 is 14.3 Å². The van der Waals surface area contributed by atoms with Crippen LogP contribution in [0.5, 0.6) is 5.75 Å². The molecule has 1 saturated heterocycles. The number of carbonyl (C=O) groups excluding carboxylic acids is 1. The van der Waals surface area contributed by atoms with E-state index in [1.54, 1.807) is 0 Å². The molecule has 1 aromatic carbocycles. The first-order chi connectivity index (χ1) is 13.4. The first-order valence-electron chi connectivity index (χ1n) is 10.1. The van der Waals surface area contributed by atoms with Gasteiger partial charge in [0.1, 0.15) is 12.4 Å². The number of amides is 1. The minimum atomic E-state index is -0.0495. The lowest BCUT2D eigenvalue weighted by Crippen LogP contribution is -2.17. The number of nitrogens with zero attached hydrogens (tertiary/aromatic N) is 2. The van der Waals surface area contributed by atoms with Crippen LogP contribution in [0, 0.1) is 19.8 Å². The van der Waals surface area contributed by atoms with Crippen LogP contribution in [0.2, 0.25) is 0 Å².